The van der Waals surface area contributed by atoms with Gasteiger partial charge in [0.25, 0.3) is 5.78 Å². The first-order valence-electron chi connectivity index (χ1n) is 16.0. The minimum Gasteiger partial charge on any atom is -0.505 e. The van der Waals surface area contributed by atoms with Gasteiger partial charge in [-0.25, -0.2) is 4.98 Å². The second-order valence-electron chi connectivity index (χ2n) is 11.6. The molecule has 3 aromatic heterocycles. The fourth-order valence-corrected chi connectivity index (χ4v) is 8.04. The number of imidazole rings is 1. The fourth-order valence-electron chi connectivity index (χ4n) is 6.17. The summed E-state index contributed by atoms with van der Waals surface area (Å²) < 4.78 is 14.2. The van der Waals surface area contributed by atoms with E-state index in [0.29, 0.717) is 45.1 Å². The summed E-state index contributed by atoms with van der Waals surface area (Å²) in [6, 6.07) is 22.3. The zero-order valence-electron chi connectivity index (χ0n) is 27.6. The lowest BCUT2D eigenvalue weighted by atomic mass is 9.96. The molecule has 0 aliphatic carbocycles. The van der Waals surface area contributed by atoms with E-state index in [9.17, 15) is 14.7 Å². The highest BCUT2D eigenvalue weighted by atomic mass is 32.2. The molecule has 0 spiro atoms. The van der Waals surface area contributed by atoms with E-state index >= 15 is 0 Å². The minimum absolute atomic E-state index is 0.110. The van der Waals surface area contributed by atoms with Crippen LogP contribution in [0.2, 0.25) is 0 Å². The van der Waals surface area contributed by atoms with Crippen LogP contribution in [0.25, 0.3) is 22.2 Å². The first kappa shape index (κ1) is 33.1. The van der Waals surface area contributed by atoms with Crippen molar-refractivity contribution in [1.82, 2.24) is 19.6 Å². The van der Waals surface area contributed by atoms with Gasteiger partial charge in [-0.3, -0.25) is 14.5 Å². The number of ketones is 1. The third-order valence-electron chi connectivity index (χ3n) is 8.53. The molecule has 7 rings (SSSR count). The van der Waals surface area contributed by atoms with E-state index in [2.05, 4.69) is 41.0 Å². The summed E-state index contributed by atoms with van der Waals surface area (Å²) in [5.41, 5.74) is 3.91. The van der Waals surface area contributed by atoms with Crippen LogP contribution >= 0.6 is 23.1 Å². The molecule has 6 aromatic rings. The van der Waals surface area contributed by atoms with Crippen LogP contribution in [0.1, 0.15) is 41.0 Å². The zero-order chi connectivity index (χ0) is 34.9. The number of amides is 1. The molecule has 0 bridgehead atoms. The molecule has 0 saturated carbocycles. The Kier molecular flexibility index (Phi) is 9.13. The summed E-state index contributed by atoms with van der Waals surface area (Å²) in [4.78, 5) is 34.0. The Labute approximate surface area is 296 Å². The zero-order valence-corrected chi connectivity index (χ0v) is 29.3. The van der Waals surface area contributed by atoms with Crippen molar-refractivity contribution in [2.75, 3.05) is 18.1 Å². The Bertz CT molecular complexity index is 2320. The van der Waals surface area contributed by atoms with Crippen LogP contribution in [0.15, 0.2) is 102 Å². The largest absolute Gasteiger partial charge is 0.505 e. The molecule has 1 aliphatic heterocycles. The molecule has 1 atom stereocenters. The number of rotatable bonds is 11. The molecule has 50 heavy (non-hydrogen) atoms. The summed E-state index contributed by atoms with van der Waals surface area (Å²) in [5.74, 6) is -0.542. The molecular weight excluding hydrogens is 671 g/mol. The fraction of sp³-hybridized carbons (Fsp3) is 0.184. The quantitative estimate of drug-likeness (QED) is 0.0360. The first-order valence-corrected chi connectivity index (χ1v) is 17.8. The lowest BCUT2D eigenvalue weighted by Gasteiger charge is -2.23. The number of thioether (sulfide) groups is 1. The number of anilines is 1. The van der Waals surface area contributed by atoms with E-state index in [1.54, 1.807) is 24.3 Å². The second kappa shape index (κ2) is 13.8. The number of carbonyl (C=O) groups is 2. The molecule has 1 fully saturated rings. The van der Waals surface area contributed by atoms with Crippen LogP contribution in [0.4, 0.5) is 5.13 Å². The van der Waals surface area contributed by atoms with Gasteiger partial charge in [-0.15, -0.1) is 10.2 Å². The lowest BCUT2D eigenvalue weighted by molar-refractivity contribution is -0.132. The van der Waals surface area contributed by atoms with E-state index in [4.69, 9.17) is 14.5 Å². The number of aromatic nitrogens is 4. The van der Waals surface area contributed by atoms with Gasteiger partial charge in [-0.1, -0.05) is 90.4 Å². The number of carbonyl (C=O) groups excluding carboxylic acids is 2. The molecule has 3 aromatic carbocycles. The number of aliphatic hydroxyl groups excluding tert-OH is 1. The number of fused-ring (bicyclic) bond motifs is 2. The summed E-state index contributed by atoms with van der Waals surface area (Å²) in [6.07, 6.45) is 3.47. The van der Waals surface area contributed by atoms with Crippen LogP contribution < -0.4 is 14.4 Å². The van der Waals surface area contributed by atoms with Gasteiger partial charge in [-0.05, 0) is 66.4 Å². The highest BCUT2D eigenvalue weighted by Crippen LogP contribution is 2.46. The van der Waals surface area contributed by atoms with Gasteiger partial charge in [0.1, 0.15) is 17.9 Å². The number of hydrogen-bond donors (Lipinski definition) is 1. The van der Waals surface area contributed by atoms with Crippen molar-refractivity contribution in [1.29, 1.82) is 0 Å². The molecule has 1 N–H and O–H groups in total. The van der Waals surface area contributed by atoms with E-state index < -0.39 is 17.7 Å². The van der Waals surface area contributed by atoms with Crippen LogP contribution in [-0.2, 0) is 15.3 Å². The predicted octanol–water partition coefficient (Wildman–Crippen LogP) is 7.84. The van der Waals surface area contributed by atoms with Gasteiger partial charge in [0.15, 0.2) is 21.6 Å². The predicted molar refractivity (Wildman–Crippen MR) is 196 cm³/mol. The van der Waals surface area contributed by atoms with Gasteiger partial charge in [0, 0.05) is 11.9 Å². The Hall–Kier alpha value is -5.46. The Morgan fingerprint density at radius 2 is 1.84 bits per heavy atom. The van der Waals surface area contributed by atoms with Crippen LogP contribution in [0.3, 0.4) is 0 Å². The van der Waals surface area contributed by atoms with E-state index in [-0.39, 0.29) is 28.8 Å². The monoisotopic (exact) mass is 703 g/mol. The number of pyridine rings is 1. The molecule has 10 nitrogen and oxygen atoms in total. The highest BCUT2D eigenvalue weighted by molar-refractivity contribution is 8.00. The molecular formula is C38H33N5O5S2. The van der Waals surface area contributed by atoms with Gasteiger partial charge >= 0.3 is 5.91 Å². The maximum Gasteiger partial charge on any atom is 0.301 e. The molecule has 1 aliphatic rings. The number of aliphatic hydroxyl groups is 1. The van der Waals surface area contributed by atoms with Gasteiger partial charge in [-0.2, -0.15) is 0 Å². The molecule has 1 amide bonds. The molecule has 1 saturated heterocycles. The summed E-state index contributed by atoms with van der Waals surface area (Å²) in [7, 11) is 0. The second-order valence-corrected chi connectivity index (χ2v) is 13.8. The van der Waals surface area contributed by atoms with Crippen molar-refractivity contribution < 1.29 is 24.2 Å². The number of nitrogens with zero attached hydrogens (tertiary/aromatic N) is 5. The summed E-state index contributed by atoms with van der Waals surface area (Å²) in [5, 5.41) is 23.2. The maximum atomic E-state index is 14.0. The Morgan fingerprint density at radius 3 is 2.64 bits per heavy atom. The van der Waals surface area contributed by atoms with Gasteiger partial charge in [0.05, 0.1) is 23.9 Å². The van der Waals surface area contributed by atoms with Crippen molar-refractivity contribution >= 4 is 62.1 Å². The molecule has 0 radical (unpaired) electrons. The van der Waals surface area contributed by atoms with Crippen molar-refractivity contribution in [3.05, 3.63) is 125 Å². The lowest BCUT2D eigenvalue weighted by Crippen LogP contribution is -2.29. The van der Waals surface area contributed by atoms with Crippen molar-refractivity contribution in [3.8, 4) is 11.5 Å². The smallest absolute Gasteiger partial charge is 0.301 e. The number of Topliss-reactive ketones (excluding diaryl/α,β-unsaturated/α-hetero) is 1. The topological polar surface area (TPSA) is 119 Å². The number of aryl methyl sites for hydroxylation is 2. The standard InChI is InChI=1S/C38H33N5O5S2/c1-5-19-48-28-17-16-25(20-29(28)47-6-2)32-30(33(44)31-23(4)42-18-10-11-22(3)35(42)39-31)34(45)36(46)43(32)37-40-41-38(50-37)49-21-26-14-9-13-24-12-7-8-15-27(24)26/h5,7-18,20,32,44H,1,6,19,21H2,2-4H3/b33-30+. The third kappa shape index (κ3) is 5.90. The summed E-state index contributed by atoms with van der Waals surface area (Å²) >= 11 is 2.71. The first-order chi connectivity index (χ1) is 24.3. The van der Waals surface area contributed by atoms with Gasteiger partial charge in [0.2, 0.25) is 5.13 Å². The molecule has 12 heteroatoms. The van der Waals surface area contributed by atoms with E-state index in [0.717, 1.165) is 21.9 Å². The average molecular weight is 704 g/mol. The van der Waals surface area contributed by atoms with Crippen molar-refractivity contribution in [3.63, 3.8) is 0 Å². The van der Waals surface area contributed by atoms with Crippen LogP contribution in [-0.4, -0.2) is 49.6 Å². The van der Waals surface area contributed by atoms with Crippen molar-refractivity contribution in [2.45, 2.75) is 36.9 Å². The van der Waals surface area contributed by atoms with E-state index in [1.165, 1.54) is 28.0 Å². The Balaban J connectivity index is 1.32. The summed E-state index contributed by atoms with van der Waals surface area (Å²) in [6.45, 7) is 9.90. The van der Waals surface area contributed by atoms with E-state index in [1.807, 2.05) is 61.7 Å². The normalized spacial score (nSPS) is 15.7. The number of ether oxygens (including phenoxy) is 2. The number of benzene rings is 3. The van der Waals surface area contributed by atoms with Gasteiger partial charge < -0.3 is 19.0 Å². The molecule has 1 unspecified atom stereocenters. The number of hydrogen-bond acceptors (Lipinski definition) is 10. The highest BCUT2D eigenvalue weighted by Gasteiger charge is 2.49. The van der Waals surface area contributed by atoms with Crippen LogP contribution in [0, 0.1) is 13.8 Å². The maximum absolute atomic E-state index is 14.0. The van der Waals surface area contributed by atoms with Crippen molar-refractivity contribution in [2.24, 2.45) is 0 Å². The minimum atomic E-state index is -1.06. The Morgan fingerprint density at radius 1 is 1.02 bits per heavy atom. The molecule has 252 valence electrons. The molecule has 4 heterocycles. The average Bonchev–Trinajstić information content (AvgIpc) is 3.81. The SMILES string of the molecule is C=CCOc1ccc(C2/C(=C(\O)c3nc4c(C)cccn4c3C)C(=O)C(=O)N2c2nnc(SCc3cccc4ccccc34)s2)cc1OCC. The van der Waals surface area contributed by atoms with Crippen LogP contribution in [0.5, 0.6) is 11.5 Å². The third-order valence-corrected chi connectivity index (χ3v) is 10.6.